The van der Waals surface area contributed by atoms with E-state index in [0.717, 1.165) is 0 Å². The lowest BCUT2D eigenvalue weighted by molar-refractivity contribution is -0.160. The van der Waals surface area contributed by atoms with Crippen molar-refractivity contribution in [2.75, 3.05) is 32.1 Å². The SMILES string of the molecule is COC(=O)C1=C(Nc2ccc(C3(C(F)(F)F)CC3)cc2)C(=O)N(CCO)C1. The van der Waals surface area contributed by atoms with Crippen LogP contribution in [0.15, 0.2) is 35.5 Å². The lowest BCUT2D eigenvalue weighted by Gasteiger charge is -2.20. The molecule has 1 aliphatic heterocycles. The number of alkyl halides is 3. The Morgan fingerprint density at radius 3 is 2.41 bits per heavy atom. The van der Waals surface area contributed by atoms with E-state index >= 15 is 0 Å². The molecule has 2 aliphatic rings. The van der Waals surface area contributed by atoms with Crippen LogP contribution in [0.5, 0.6) is 0 Å². The fourth-order valence-corrected chi connectivity index (χ4v) is 3.23. The summed E-state index contributed by atoms with van der Waals surface area (Å²) in [4.78, 5) is 25.6. The van der Waals surface area contributed by atoms with Crippen molar-refractivity contribution in [1.29, 1.82) is 0 Å². The lowest BCUT2D eigenvalue weighted by Crippen LogP contribution is -2.31. The summed E-state index contributed by atoms with van der Waals surface area (Å²) in [5.41, 5.74) is -1.10. The Labute approximate surface area is 153 Å². The Hall–Kier alpha value is -2.55. The number of rotatable bonds is 6. The van der Waals surface area contributed by atoms with Crippen molar-refractivity contribution in [2.24, 2.45) is 0 Å². The highest BCUT2D eigenvalue weighted by Crippen LogP contribution is 2.58. The van der Waals surface area contributed by atoms with E-state index in [1.54, 1.807) is 0 Å². The molecule has 0 saturated heterocycles. The summed E-state index contributed by atoms with van der Waals surface area (Å²) in [5, 5.41) is 11.8. The van der Waals surface area contributed by atoms with Gasteiger partial charge in [-0.05, 0) is 30.5 Å². The Balaban J connectivity index is 1.83. The molecule has 9 heteroatoms. The Morgan fingerprint density at radius 2 is 1.93 bits per heavy atom. The van der Waals surface area contributed by atoms with Crippen LogP contribution in [0, 0.1) is 0 Å². The molecule has 6 nitrogen and oxygen atoms in total. The third kappa shape index (κ3) is 3.39. The van der Waals surface area contributed by atoms with Crippen molar-refractivity contribution in [3.8, 4) is 0 Å². The standard InChI is InChI=1S/C18H19F3N2O4/c1-27-16(26)13-10-23(8-9-24)15(25)14(13)22-12-4-2-11(3-5-12)17(6-7-17)18(19,20)21/h2-5,22,24H,6-10H2,1H3. The summed E-state index contributed by atoms with van der Waals surface area (Å²) < 4.78 is 44.3. The van der Waals surface area contributed by atoms with Gasteiger partial charge in [-0.1, -0.05) is 12.1 Å². The van der Waals surface area contributed by atoms with E-state index in [2.05, 4.69) is 10.1 Å². The number of nitrogens with one attached hydrogen (secondary N) is 1. The molecule has 0 atom stereocenters. The van der Waals surface area contributed by atoms with Gasteiger partial charge in [0.05, 0.1) is 31.2 Å². The molecule has 0 spiro atoms. The number of hydrogen-bond donors (Lipinski definition) is 2. The first-order chi connectivity index (χ1) is 12.7. The van der Waals surface area contributed by atoms with Crippen molar-refractivity contribution in [2.45, 2.75) is 24.4 Å². The summed E-state index contributed by atoms with van der Waals surface area (Å²) >= 11 is 0. The Morgan fingerprint density at radius 1 is 1.30 bits per heavy atom. The molecular weight excluding hydrogens is 365 g/mol. The molecule has 1 aromatic rings. The number of anilines is 1. The van der Waals surface area contributed by atoms with Gasteiger partial charge in [0, 0.05) is 12.2 Å². The Kier molecular flexibility index (Phi) is 4.90. The first-order valence-electron chi connectivity index (χ1n) is 8.39. The van der Waals surface area contributed by atoms with Gasteiger partial charge in [0.25, 0.3) is 5.91 Å². The zero-order valence-electron chi connectivity index (χ0n) is 14.6. The van der Waals surface area contributed by atoms with E-state index in [0.29, 0.717) is 5.69 Å². The van der Waals surface area contributed by atoms with E-state index in [-0.39, 0.29) is 49.4 Å². The monoisotopic (exact) mass is 384 g/mol. The molecule has 0 aromatic heterocycles. The molecule has 1 heterocycles. The highest BCUT2D eigenvalue weighted by molar-refractivity contribution is 6.08. The van der Waals surface area contributed by atoms with Gasteiger partial charge in [-0.2, -0.15) is 13.2 Å². The van der Waals surface area contributed by atoms with Gasteiger partial charge in [0.15, 0.2) is 0 Å². The van der Waals surface area contributed by atoms with Crippen LogP contribution in [0.2, 0.25) is 0 Å². The molecule has 1 fully saturated rings. The number of β-amino-alcohol motifs (C(OH)–C–C–N with tert-alkyl or cyclic N) is 1. The van der Waals surface area contributed by atoms with E-state index in [9.17, 15) is 22.8 Å². The molecule has 1 aromatic carbocycles. The molecule has 2 N–H and O–H groups in total. The minimum absolute atomic E-state index is 0.00000610. The van der Waals surface area contributed by atoms with Crippen molar-refractivity contribution >= 4 is 17.6 Å². The summed E-state index contributed by atoms with van der Waals surface area (Å²) in [6, 6.07) is 5.66. The minimum atomic E-state index is -4.30. The molecule has 1 aliphatic carbocycles. The normalized spacial score (nSPS) is 18.7. The largest absolute Gasteiger partial charge is 0.466 e. The third-order valence-corrected chi connectivity index (χ3v) is 4.95. The van der Waals surface area contributed by atoms with Gasteiger partial charge in [-0.3, -0.25) is 4.79 Å². The molecule has 0 radical (unpaired) electrons. The summed E-state index contributed by atoms with van der Waals surface area (Å²) in [7, 11) is 1.19. The molecule has 0 bridgehead atoms. The average Bonchev–Trinajstić information content (AvgIpc) is 3.40. The third-order valence-electron chi connectivity index (χ3n) is 4.95. The average molecular weight is 384 g/mol. The summed E-state index contributed by atoms with van der Waals surface area (Å²) in [6.07, 6.45) is -4.17. The van der Waals surface area contributed by atoms with Crippen LogP contribution in [-0.2, 0) is 19.7 Å². The molecule has 1 amide bonds. The fourth-order valence-electron chi connectivity index (χ4n) is 3.23. The summed E-state index contributed by atoms with van der Waals surface area (Å²) in [5.74, 6) is -1.17. The second-order valence-corrected chi connectivity index (χ2v) is 6.58. The number of carbonyl (C=O) groups excluding carboxylic acids is 2. The first kappa shape index (κ1) is 19.2. The van der Waals surface area contributed by atoms with Crippen LogP contribution in [0.1, 0.15) is 18.4 Å². The number of methoxy groups -OCH3 is 1. The summed E-state index contributed by atoms with van der Waals surface area (Å²) in [6.45, 7) is -0.219. The molecule has 27 heavy (non-hydrogen) atoms. The number of hydrogen-bond acceptors (Lipinski definition) is 5. The van der Waals surface area contributed by atoms with Gasteiger partial charge >= 0.3 is 12.1 Å². The number of nitrogens with zero attached hydrogens (tertiary/aromatic N) is 1. The van der Waals surface area contributed by atoms with Crippen LogP contribution in [0.25, 0.3) is 0 Å². The highest BCUT2D eigenvalue weighted by Gasteiger charge is 2.64. The molecule has 146 valence electrons. The number of aliphatic hydroxyl groups excluding tert-OH is 1. The number of benzene rings is 1. The number of carbonyl (C=O) groups is 2. The molecule has 1 saturated carbocycles. The van der Waals surface area contributed by atoms with Gasteiger partial charge in [0.2, 0.25) is 0 Å². The van der Waals surface area contributed by atoms with Gasteiger partial charge in [-0.15, -0.1) is 0 Å². The second kappa shape index (κ2) is 6.88. The smallest absolute Gasteiger partial charge is 0.398 e. The highest BCUT2D eigenvalue weighted by atomic mass is 19.4. The Bertz CT molecular complexity index is 783. The van der Waals surface area contributed by atoms with Crippen LogP contribution in [0.4, 0.5) is 18.9 Å². The maximum Gasteiger partial charge on any atom is 0.398 e. The zero-order valence-corrected chi connectivity index (χ0v) is 14.6. The number of aliphatic hydroxyl groups is 1. The fraction of sp³-hybridized carbons (Fsp3) is 0.444. The number of ether oxygens (including phenoxy) is 1. The van der Waals surface area contributed by atoms with E-state index in [1.807, 2.05) is 0 Å². The predicted octanol–water partition coefficient (Wildman–Crippen LogP) is 1.95. The van der Waals surface area contributed by atoms with Crippen LogP contribution >= 0.6 is 0 Å². The first-order valence-corrected chi connectivity index (χ1v) is 8.39. The van der Waals surface area contributed by atoms with Crippen molar-refractivity contribution in [3.05, 3.63) is 41.1 Å². The van der Waals surface area contributed by atoms with E-state index in [1.165, 1.54) is 36.3 Å². The van der Waals surface area contributed by atoms with Gasteiger partial charge in [-0.25, -0.2) is 4.79 Å². The second-order valence-electron chi connectivity index (χ2n) is 6.58. The van der Waals surface area contributed by atoms with Crippen LogP contribution in [0.3, 0.4) is 0 Å². The van der Waals surface area contributed by atoms with Gasteiger partial charge in [0.1, 0.15) is 5.70 Å². The van der Waals surface area contributed by atoms with E-state index in [4.69, 9.17) is 5.11 Å². The molecule has 3 rings (SSSR count). The zero-order chi connectivity index (χ0) is 19.8. The van der Waals surface area contributed by atoms with Crippen molar-refractivity contribution in [3.63, 3.8) is 0 Å². The quantitative estimate of drug-likeness (QED) is 0.733. The number of halogens is 3. The van der Waals surface area contributed by atoms with Crippen molar-refractivity contribution in [1.82, 2.24) is 4.90 Å². The van der Waals surface area contributed by atoms with Gasteiger partial charge < -0.3 is 20.1 Å². The molecular formula is C18H19F3N2O4. The number of amides is 1. The van der Waals surface area contributed by atoms with Crippen molar-refractivity contribution < 1.29 is 32.6 Å². The van der Waals surface area contributed by atoms with E-state index < -0.39 is 23.5 Å². The lowest BCUT2D eigenvalue weighted by atomic mass is 9.95. The van der Waals surface area contributed by atoms with Crippen LogP contribution < -0.4 is 5.32 Å². The van der Waals surface area contributed by atoms with Crippen LogP contribution in [-0.4, -0.2) is 54.9 Å². The minimum Gasteiger partial charge on any atom is -0.466 e. The molecule has 0 unspecified atom stereocenters. The predicted molar refractivity (Wildman–Crippen MR) is 89.7 cm³/mol. The maximum absolute atomic E-state index is 13.2. The maximum atomic E-state index is 13.2. The number of esters is 1. The topological polar surface area (TPSA) is 78.9 Å².